The molecule has 1 saturated heterocycles. The summed E-state index contributed by atoms with van der Waals surface area (Å²) in [4.78, 5) is 0. The highest BCUT2D eigenvalue weighted by Gasteiger charge is 2.13. The Labute approximate surface area is 105 Å². The third kappa shape index (κ3) is 3.89. The number of rotatable bonds is 4. The van der Waals surface area contributed by atoms with E-state index in [4.69, 9.17) is 9.47 Å². The summed E-state index contributed by atoms with van der Waals surface area (Å²) in [6.45, 7) is 2.29. The average molecular weight is 285 g/mol. The first kappa shape index (κ1) is 12.1. The van der Waals surface area contributed by atoms with Crippen molar-refractivity contribution in [2.45, 2.75) is 32.0 Å². The number of halogens is 1. The first-order valence-electron chi connectivity index (χ1n) is 5.78. The topological polar surface area (TPSA) is 18.5 Å². The minimum absolute atomic E-state index is 0.309. The molecule has 1 aliphatic rings. The molecule has 0 bridgehead atoms. The zero-order valence-electron chi connectivity index (χ0n) is 9.32. The molecule has 1 fully saturated rings. The van der Waals surface area contributed by atoms with Crippen molar-refractivity contribution in [1.29, 1.82) is 0 Å². The molecule has 1 unspecified atom stereocenters. The molecular weight excluding hydrogens is 268 g/mol. The van der Waals surface area contributed by atoms with Crippen LogP contribution < -0.4 is 0 Å². The van der Waals surface area contributed by atoms with Crippen LogP contribution in [0.25, 0.3) is 0 Å². The van der Waals surface area contributed by atoms with Crippen LogP contribution in [0.5, 0.6) is 0 Å². The molecular formula is C13H17BrO2. The first-order chi connectivity index (χ1) is 7.84. The van der Waals surface area contributed by atoms with Gasteiger partial charge in [0.05, 0.1) is 19.3 Å². The third-order valence-electron chi connectivity index (χ3n) is 2.76. The van der Waals surface area contributed by atoms with E-state index in [2.05, 4.69) is 28.1 Å². The molecule has 1 atom stereocenters. The molecule has 0 saturated carbocycles. The van der Waals surface area contributed by atoms with Gasteiger partial charge in [-0.15, -0.1) is 0 Å². The standard InChI is InChI=1S/C13H17BrO2/c14-12-6-4-11(5-7-12)9-15-10-13-3-1-2-8-16-13/h4-7,13H,1-3,8-10H2. The van der Waals surface area contributed by atoms with Gasteiger partial charge in [-0.05, 0) is 37.0 Å². The molecule has 1 aromatic rings. The average Bonchev–Trinajstić information content (AvgIpc) is 2.33. The van der Waals surface area contributed by atoms with Gasteiger partial charge in [0.25, 0.3) is 0 Å². The van der Waals surface area contributed by atoms with Gasteiger partial charge in [-0.1, -0.05) is 28.1 Å². The van der Waals surface area contributed by atoms with Crippen molar-refractivity contribution < 1.29 is 9.47 Å². The lowest BCUT2D eigenvalue weighted by Gasteiger charge is -2.22. The van der Waals surface area contributed by atoms with E-state index in [0.29, 0.717) is 12.7 Å². The van der Waals surface area contributed by atoms with Gasteiger partial charge < -0.3 is 9.47 Å². The Hall–Kier alpha value is -0.380. The molecule has 0 aliphatic carbocycles. The Bertz CT molecular complexity index is 304. The highest BCUT2D eigenvalue weighted by atomic mass is 79.9. The van der Waals surface area contributed by atoms with E-state index in [9.17, 15) is 0 Å². The van der Waals surface area contributed by atoms with Gasteiger partial charge in [0.15, 0.2) is 0 Å². The molecule has 1 aliphatic heterocycles. The Morgan fingerprint density at radius 1 is 1.25 bits per heavy atom. The summed E-state index contributed by atoms with van der Waals surface area (Å²) in [5.74, 6) is 0. The molecule has 1 aromatic carbocycles. The van der Waals surface area contributed by atoms with Gasteiger partial charge >= 0.3 is 0 Å². The zero-order valence-corrected chi connectivity index (χ0v) is 10.9. The third-order valence-corrected chi connectivity index (χ3v) is 3.29. The molecule has 3 heteroatoms. The minimum atomic E-state index is 0.309. The molecule has 2 rings (SSSR count). The molecule has 2 nitrogen and oxygen atoms in total. The normalized spacial score (nSPS) is 20.9. The summed E-state index contributed by atoms with van der Waals surface area (Å²) in [6.07, 6.45) is 3.92. The quantitative estimate of drug-likeness (QED) is 0.842. The summed E-state index contributed by atoms with van der Waals surface area (Å²) in [5.41, 5.74) is 1.21. The van der Waals surface area contributed by atoms with Crippen LogP contribution in [0.2, 0.25) is 0 Å². The largest absolute Gasteiger partial charge is 0.376 e. The van der Waals surface area contributed by atoms with E-state index < -0.39 is 0 Å². The van der Waals surface area contributed by atoms with Crippen molar-refractivity contribution in [2.24, 2.45) is 0 Å². The van der Waals surface area contributed by atoms with Gasteiger partial charge in [0.1, 0.15) is 0 Å². The van der Waals surface area contributed by atoms with Gasteiger partial charge in [-0.2, -0.15) is 0 Å². The van der Waals surface area contributed by atoms with Crippen LogP contribution in [0.1, 0.15) is 24.8 Å². The molecule has 0 aromatic heterocycles. The van der Waals surface area contributed by atoms with Crippen molar-refractivity contribution in [1.82, 2.24) is 0 Å². The summed E-state index contributed by atoms with van der Waals surface area (Å²) in [6, 6.07) is 8.23. The van der Waals surface area contributed by atoms with Crippen LogP contribution in [-0.2, 0) is 16.1 Å². The number of hydrogen-bond donors (Lipinski definition) is 0. The SMILES string of the molecule is Brc1ccc(COCC2CCCCO2)cc1. The number of hydrogen-bond acceptors (Lipinski definition) is 2. The maximum absolute atomic E-state index is 5.66. The predicted octanol–water partition coefficient (Wildman–Crippen LogP) is 3.53. The summed E-state index contributed by atoms with van der Waals surface area (Å²) >= 11 is 3.42. The number of benzene rings is 1. The molecule has 16 heavy (non-hydrogen) atoms. The van der Waals surface area contributed by atoms with E-state index in [-0.39, 0.29) is 0 Å². The van der Waals surface area contributed by atoms with E-state index in [1.807, 2.05) is 12.1 Å². The lowest BCUT2D eigenvalue weighted by atomic mass is 10.1. The second-order valence-corrected chi connectivity index (χ2v) is 5.05. The van der Waals surface area contributed by atoms with E-state index in [1.165, 1.54) is 18.4 Å². The fraction of sp³-hybridized carbons (Fsp3) is 0.538. The Morgan fingerprint density at radius 3 is 2.75 bits per heavy atom. The maximum Gasteiger partial charge on any atom is 0.0808 e. The van der Waals surface area contributed by atoms with Crippen molar-refractivity contribution in [2.75, 3.05) is 13.2 Å². The van der Waals surface area contributed by atoms with Crippen molar-refractivity contribution in [3.63, 3.8) is 0 Å². The summed E-state index contributed by atoms with van der Waals surface area (Å²) in [7, 11) is 0. The van der Waals surface area contributed by atoms with Crippen LogP contribution in [0.4, 0.5) is 0 Å². The van der Waals surface area contributed by atoms with Crippen LogP contribution in [-0.4, -0.2) is 19.3 Å². The summed E-state index contributed by atoms with van der Waals surface area (Å²) in [5, 5.41) is 0. The van der Waals surface area contributed by atoms with Crippen molar-refractivity contribution >= 4 is 15.9 Å². The highest BCUT2D eigenvalue weighted by molar-refractivity contribution is 9.10. The van der Waals surface area contributed by atoms with E-state index >= 15 is 0 Å². The second-order valence-electron chi connectivity index (χ2n) is 4.13. The zero-order chi connectivity index (χ0) is 11.2. The Kier molecular flexibility index (Phi) is 4.82. The Morgan fingerprint density at radius 2 is 2.06 bits per heavy atom. The van der Waals surface area contributed by atoms with Gasteiger partial charge in [0.2, 0.25) is 0 Å². The molecule has 88 valence electrons. The molecule has 0 spiro atoms. The van der Waals surface area contributed by atoms with Crippen LogP contribution in [0.3, 0.4) is 0 Å². The van der Waals surface area contributed by atoms with Crippen molar-refractivity contribution in [3.8, 4) is 0 Å². The second kappa shape index (κ2) is 6.38. The predicted molar refractivity (Wildman–Crippen MR) is 67.4 cm³/mol. The maximum atomic E-state index is 5.66. The van der Waals surface area contributed by atoms with E-state index in [0.717, 1.165) is 24.1 Å². The lowest BCUT2D eigenvalue weighted by Crippen LogP contribution is -2.24. The lowest BCUT2D eigenvalue weighted by molar-refractivity contribution is -0.0447. The van der Waals surface area contributed by atoms with Crippen molar-refractivity contribution in [3.05, 3.63) is 34.3 Å². The van der Waals surface area contributed by atoms with Crippen LogP contribution in [0, 0.1) is 0 Å². The van der Waals surface area contributed by atoms with Crippen LogP contribution in [0.15, 0.2) is 28.7 Å². The Balaban J connectivity index is 1.69. The van der Waals surface area contributed by atoms with Gasteiger partial charge in [0, 0.05) is 11.1 Å². The number of ether oxygens (including phenoxy) is 2. The molecule has 0 N–H and O–H groups in total. The van der Waals surface area contributed by atoms with Crippen LogP contribution >= 0.6 is 15.9 Å². The minimum Gasteiger partial charge on any atom is -0.376 e. The fourth-order valence-corrected chi connectivity index (χ4v) is 2.09. The molecule has 0 radical (unpaired) electrons. The highest BCUT2D eigenvalue weighted by Crippen LogP contribution is 2.14. The fourth-order valence-electron chi connectivity index (χ4n) is 1.83. The van der Waals surface area contributed by atoms with E-state index in [1.54, 1.807) is 0 Å². The molecule has 0 amide bonds. The van der Waals surface area contributed by atoms with Gasteiger partial charge in [-0.25, -0.2) is 0 Å². The first-order valence-corrected chi connectivity index (χ1v) is 6.58. The molecule has 1 heterocycles. The monoisotopic (exact) mass is 284 g/mol. The smallest absolute Gasteiger partial charge is 0.0808 e. The summed E-state index contributed by atoms with van der Waals surface area (Å²) < 4.78 is 12.4. The van der Waals surface area contributed by atoms with Gasteiger partial charge in [-0.3, -0.25) is 0 Å².